The lowest BCUT2D eigenvalue weighted by atomic mass is 10.2. The van der Waals surface area contributed by atoms with E-state index in [1.165, 1.54) is 5.56 Å². The summed E-state index contributed by atoms with van der Waals surface area (Å²) in [5, 5.41) is 11.3. The lowest BCUT2D eigenvalue weighted by Crippen LogP contribution is -2.01. The molecule has 5 heteroatoms. The van der Waals surface area contributed by atoms with Crippen molar-refractivity contribution in [3.8, 4) is 5.75 Å². The van der Waals surface area contributed by atoms with Crippen LogP contribution >= 0.6 is 0 Å². The number of nitrogens with one attached hydrogen (secondary N) is 2. The molecule has 19 heavy (non-hydrogen) atoms. The first kappa shape index (κ1) is 11.5. The third-order valence-corrected chi connectivity index (χ3v) is 2.98. The van der Waals surface area contributed by atoms with E-state index in [4.69, 9.17) is 4.74 Å². The Morgan fingerprint density at radius 2 is 2.05 bits per heavy atom. The number of benzene rings is 1. The molecule has 3 aromatic rings. The third-order valence-electron chi connectivity index (χ3n) is 2.98. The number of H-pyrrole nitrogens is 1. The Balaban J connectivity index is 1.76. The number of aromatic amines is 1. The Hall–Kier alpha value is -2.56. The van der Waals surface area contributed by atoms with Crippen molar-refractivity contribution in [3.05, 3.63) is 48.3 Å². The summed E-state index contributed by atoms with van der Waals surface area (Å²) in [6.45, 7) is 0.710. The third kappa shape index (κ3) is 2.35. The molecule has 1 aromatic carbocycles. The first-order valence-corrected chi connectivity index (χ1v) is 6.02. The van der Waals surface area contributed by atoms with Gasteiger partial charge in [0.2, 0.25) is 0 Å². The average Bonchev–Trinajstić information content (AvgIpc) is 2.94. The molecule has 0 atom stereocenters. The van der Waals surface area contributed by atoms with Crippen molar-refractivity contribution in [2.24, 2.45) is 0 Å². The summed E-state index contributed by atoms with van der Waals surface area (Å²) in [6.07, 6.45) is 3.60. The molecule has 0 amide bonds. The SMILES string of the molecule is COc1ccc(CNc2nccc3n[nH]cc23)cc1. The first-order chi connectivity index (χ1) is 9.36. The number of anilines is 1. The summed E-state index contributed by atoms with van der Waals surface area (Å²) in [7, 11) is 1.66. The van der Waals surface area contributed by atoms with Crippen LogP contribution in [0.3, 0.4) is 0 Å². The number of fused-ring (bicyclic) bond motifs is 1. The van der Waals surface area contributed by atoms with Crippen molar-refractivity contribution in [1.82, 2.24) is 15.2 Å². The molecule has 0 bridgehead atoms. The molecule has 0 aliphatic heterocycles. The largest absolute Gasteiger partial charge is 0.497 e. The van der Waals surface area contributed by atoms with Crippen LogP contribution in [-0.2, 0) is 6.54 Å². The van der Waals surface area contributed by atoms with Crippen molar-refractivity contribution in [3.63, 3.8) is 0 Å². The van der Waals surface area contributed by atoms with Crippen LogP contribution in [-0.4, -0.2) is 22.3 Å². The normalized spacial score (nSPS) is 10.6. The van der Waals surface area contributed by atoms with Crippen LogP contribution in [0.4, 0.5) is 5.82 Å². The topological polar surface area (TPSA) is 62.8 Å². The van der Waals surface area contributed by atoms with Crippen molar-refractivity contribution in [2.45, 2.75) is 6.54 Å². The molecule has 96 valence electrons. The van der Waals surface area contributed by atoms with E-state index in [-0.39, 0.29) is 0 Å². The van der Waals surface area contributed by atoms with E-state index >= 15 is 0 Å². The molecule has 0 saturated carbocycles. The standard InChI is InChI=1S/C14H14N4O/c1-19-11-4-2-10(3-5-11)8-16-14-12-9-17-18-13(12)6-7-15-14/h2-7,9H,8H2,1H3,(H,15,16)(H,17,18). The highest BCUT2D eigenvalue weighted by atomic mass is 16.5. The summed E-state index contributed by atoms with van der Waals surface area (Å²) in [4.78, 5) is 4.33. The quantitative estimate of drug-likeness (QED) is 0.751. The number of ether oxygens (including phenoxy) is 1. The summed E-state index contributed by atoms with van der Waals surface area (Å²) < 4.78 is 5.13. The predicted molar refractivity (Wildman–Crippen MR) is 74.2 cm³/mol. The minimum absolute atomic E-state index is 0.710. The molecule has 2 N–H and O–H groups in total. The maximum absolute atomic E-state index is 5.13. The van der Waals surface area contributed by atoms with Crippen LogP contribution in [0.5, 0.6) is 5.75 Å². The Morgan fingerprint density at radius 3 is 2.84 bits per heavy atom. The monoisotopic (exact) mass is 254 g/mol. The van der Waals surface area contributed by atoms with Crippen molar-refractivity contribution in [2.75, 3.05) is 12.4 Å². The Labute approximate surface area is 110 Å². The lowest BCUT2D eigenvalue weighted by molar-refractivity contribution is 0.414. The summed E-state index contributed by atoms with van der Waals surface area (Å²) in [5.41, 5.74) is 2.08. The molecule has 0 aliphatic carbocycles. The van der Waals surface area contributed by atoms with Crippen LogP contribution in [0.2, 0.25) is 0 Å². The number of hydrogen-bond donors (Lipinski definition) is 2. The number of rotatable bonds is 4. The molecule has 5 nitrogen and oxygen atoms in total. The second-order valence-electron chi connectivity index (χ2n) is 4.18. The van der Waals surface area contributed by atoms with Gasteiger partial charge in [-0.05, 0) is 23.8 Å². The van der Waals surface area contributed by atoms with E-state index in [2.05, 4.69) is 20.5 Å². The Bertz CT molecular complexity index is 675. The Morgan fingerprint density at radius 1 is 1.21 bits per heavy atom. The predicted octanol–water partition coefficient (Wildman–Crippen LogP) is 2.58. The molecule has 0 saturated heterocycles. The first-order valence-electron chi connectivity index (χ1n) is 6.02. The number of nitrogens with zero attached hydrogens (tertiary/aromatic N) is 2. The van der Waals surface area contributed by atoms with E-state index < -0.39 is 0 Å². The van der Waals surface area contributed by atoms with Gasteiger partial charge < -0.3 is 10.1 Å². The van der Waals surface area contributed by atoms with Crippen LogP contribution < -0.4 is 10.1 Å². The summed E-state index contributed by atoms with van der Waals surface area (Å²) in [5.74, 6) is 1.70. The zero-order valence-corrected chi connectivity index (χ0v) is 10.6. The minimum Gasteiger partial charge on any atom is -0.497 e. The van der Waals surface area contributed by atoms with Gasteiger partial charge in [0, 0.05) is 18.9 Å². The highest BCUT2D eigenvalue weighted by Crippen LogP contribution is 2.19. The average molecular weight is 254 g/mol. The number of pyridine rings is 1. The molecule has 0 unspecified atom stereocenters. The number of hydrogen-bond acceptors (Lipinski definition) is 4. The molecule has 2 aromatic heterocycles. The maximum atomic E-state index is 5.13. The molecular formula is C14H14N4O. The highest BCUT2D eigenvalue weighted by Gasteiger charge is 2.03. The van der Waals surface area contributed by atoms with Gasteiger partial charge in [-0.3, -0.25) is 5.10 Å². The molecule has 0 radical (unpaired) electrons. The van der Waals surface area contributed by atoms with Gasteiger partial charge in [0.05, 0.1) is 18.0 Å². The Kier molecular flexibility index (Phi) is 3.02. The second kappa shape index (κ2) is 4.97. The van der Waals surface area contributed by atoms with E-state index in [0.29, 0.717) is 6.54 Å². The lowest BCUT2D eigenvalue weighted by Gasteiger charge is -2.07. The highest BCUT2D eigenvalue weighted by molar-refractivity contribution is 5.88. The van der Waals surface area contributed by atoms with E-state index in [1.807, 2.05) is 36.5 Å². The minimum atomic E-state index is 0.710. The van der Waals surface area contributed by atoms with Crippen molar-refractivity contribution >= 4 is 16.7 Å². The zero-order valence-electron chi connectivity index (χ0n) is 10.6. The fourth-order valence-electron chi connectivity index (χ4n) is 1.94. The van der Waals surface area contributed by atoms with Gasteiger partial charge in [-0.25, -0.2) is 4.98 Å². The zero-order chi connectivity index (χ0) is 13.1. The van der Waals surface area contributed by atoms with Crippen LogP contribution in [0.1, 0.15) is 5.56 Å². The fourth-order valence-corrected chi connectivity index (χ4v) is 1.94. The molecule has 0 fully saturated rings. The van der Waals surface area contributed by atoms with Gasteiger partial charge in [0.15, 0.2) is 0 Å². The smallest absolute Gasteiger partial charge is 0.137 e. The maximum Gasteiger partial charge on any atom is 0.137 e. The van der Waals surface area contributed by atoms with Gasteiger partial charge in [-0.1, -0.05) is 12.1 Å². The molecular weight excluding hydrogens is 240 g/mol. The van der Waals surface area contributed by atoms with Crippen molar-refractivity contribution in [1.29, 1.82) is 0 Å². The fraction of sp³-hybridized carbons (Fsp3) is 0.143. The van der Waals surface area contributed by atoms with Crippen LogP contribution in [0.25, 0.3) is 10.9 Å². The van der Waals surface area contributed by atoms with E-state index in [1.54, 1.807) is 13.3 Å². The number of aromatic nitrogens is 3. The second-order valence-corrected chi connectivity index (χ2v) is 4.18. The molecule has 0 aliphatic rings. The van der Waals surface area contributed by atoms with Crippen LogP contribution in [0.15, 0.2) is 42.7 Å². The van der Waals surface area contributed by atoms with Gasteiger partial charge in [0.25, 0.3) is 0 Å². The van der Waals surface area contributed by atoms with E-state index in [0.717, 1.165) is 22.5 Å². The van der Waals surface area contributed by atoms with Crippen molar-refractivity contribution < 1.29 is 4.74 Å². The van der Waals surface area contributed by atoms with Gasteiger partial charge in [-0.2, -0.15) is 5.10 Å². The number of methoxy groups -OCH3 is 1. The summed E-state index contributed by atoms with van der Waals surface area (Å²) in [6, 6.07) is 9.83. The van der Waals surface area contributed by atoms with Crippen LogP contribution in [0, 0.1) is 0 Å². The van der Waals surface area contributed by atoms with E-state index in [9.17, 15) is 0 Å². The van der Waals surface area contributed by atoms with Gasteiger partial charge in [-0.15, -0.1) is 0 Å². The molecule has 3 rings (SSSR count). The van der Waals surface area contributed by atoms with Gasteiger partial charge in [0.1, 0.15) is 11.6 Å². The summed E-state index contributed by atoms with van der Waals surface area (Å²) >= 11 is 0. The van der Waals surface area contributed by atoms with Gasteiger partial charge >= 0.3 is 0 Å². The molecule has 0 spiro atoms. The molecule has 2 heterocycles.